The van der Waals surface area contributed by atoms with E-state index in [0.717, 1.165) is 18.2 Å². The zero-order valence-corrected chi connectivity index (χ0v) is 11.9. The second-order valence-corrected chi connectivity index (χ2v) is 4.75. The Morgan fingerprint density at radius 2 is 1.62 bits per heavy atom. The van der Waals surface area contributed by atoms with Crippen molar-refractivity contribution in [2.24, 2.45) is 4.99 Å². The molecule has 106 valence electrons. The molecular formula is C17H18BNO2. The highest BCUT2D eigenvalue weighted by Gasteiger charge is 2.05. The van der Waals surface area contributed by atoms with Gasteiger partial charge in [-0.1, -0.05) is 66.2 Å². The molecule has 0 unspecified atom stereocenters. The minimum Gasteiger partial charge on any atom is -0.556 e. The molecule has 3 nitrogen and oxygen atoms in total. The lowest BCUT2D eigenvalue weighted by molar-refractivity contribution is -0.108. The molecule has 2 aromatic rings. The fraction of sp³-hybridized carbons (Fsp3) is 0.176. The monoisotopic (exact) mass is 279 g/mol. The fourth-order valence-electron chi connectivity index (χ4n) is 1.99. The van der Waals surface area contributed by atoms with Crippen LogP contribution in [0.25, 0.3) is 0 Å². The first kappa shape index (κ1) is 15.0. The number of carbonyl (C=O) groups excluding carboxylic acids is 1. The molecule has 2 rings (SSSR count). The van der Waals surface area contributed by atoms with Crippen molar-refractivity contribution in [2.45, 2.75) is 18.8 Å². The number of aliphatic imine (C=N–C) groups is 1. The van der Waals surface area contributed by atoms with Crippen LogP contribution >= 0.6 is 0 Å². The zero-order valence-electron chi connectivity index (χ0n) is 11.9. The van der Waals surface area contributed by atoms with Crippen LogP contribution in [0.4, 0.5) is 0 Å². The second kappa shape index (κ2) is 8.74. The quantitative estimate of drug-likeness (QED) is 0.245. The summed E-state index contributed by atoms with van der Waals surface area (Å²) < 4.78 is 5.36. The molecule has 0 amide bonds. The maximum absolute atomic E-state index is 11.0. The van der Waals surface area contributed by atoms with Gasteiger partial charge in [0.1, 0.15) is 12.3 Å². The Kier molecular flexibility index (Phi) is 6.26. The highest BCUT2D eigenvalue weighted by atomic mass is 16.4. The van der Waals surface area contributed by atoms with Crippen LogP contribution in [0.15, 0.2) is 65.7 Å². The standard InChI is InChI=1S/C17H18BNO2/c20-13-17(11-15-7-3-1-4-8-15)19-14-21-18-12-16-9-5-2-6-10-16/h1-10,13-14,17-18H,11-12H2/t17-/m0/s1. The molecule has 0 spiro atoms. The molecule has 2 aromatic carbocycles. The van der Waals surface area contributed by atoms with Gasteiger partial charge >= 0.3 is 7.48 Å². The van der Waals surface area contributed by atoms with Crippen LogP contribution in [0.2, 0.25) is 0 Å². The molecule has 0 aromatic heterocycles. The van der Waals surface area contributed by atoms with Crippen molar-refractivity contribution in [3.8, 4) is 0 Å². The molecule has 0 bridgehead atoms. The number of carbonyl (C=O) groups is 1. The van der Waals surface area contributed by atoms with Crippen LogP contribution in [0.3, 0.4) is 0 Å². The Hall–Kier alpha value is -2.36. The van der Waals surface area contributed by atoms with Crippen molar-refractivity contribution in [1.82, 2.24) is 0 Å². The van der Waals surface area contributed by atoms with Gasteiger partial charge in [0.2, 0.25) is 0 Å². The van der Waals surface area contributed by atoms with Gasteiger partial charge in [-0.2, -0.15) is 0 Å². The van der Waals surface area contributed by atoms with Crippen LogP contribution in [0.1, 0.15) is 11.1 Å². The van der Waals surface area contributed by atoms with Crippen LogP contribution in [0.5, 0.6) is 0 Å². The normalized spacial score (nSPS) is 12.0. The lowest BCUT2D eigenvalue weighted by atomic mass is 9.90. The van der Waals surface area contributed by atoms with E-state index in [2.05, 4.69) is 17.1 Å². The van der Waals surface area contributed by atoms with E-state index in [0.29, 0.717) is 13.9 Å². The zero-order chi connectivity index (χ0) is 14.8. The topological polar surface area (TPSA) is 38.7 Å². The van der Waals surface area contributed by atoms with Crippen molar-refractivity contribution >= 4 is 20.2 Å². The van der Waals surface area contributed by atoms with Gasteiger partial charge in [0.05, 0.1) is 0 Å². The largest absolute Gasteiger partial charge is 0.556 e. The third kappa shape index (κ3) is 5.65. The summed E-state index contributed by atoms with van der Waals surface area (Å²) in [5.41, 5.74) is 2.32. The van der Waals surface area contributed by atoms with Gasteiger partial charge in [-0.05, 0) is 11.9 Å². The van der Waals surface area contributed by atoms with Gasteiger partial charge in [-0.25, -0.2) is 4.99 Å². The number of nitrogens with zero attached hydrogens (tertiary/aromatic N) is 1. The number of hydrogen-bond acceptors (Lipinski definition) is 3. The number of benzene rings is 2. The first-order chi connectivity index (χ1) is 10.4. The first-order valence-corrected chi connectivity index (χ1v) is 7.05. The van der Waals surface area contributed by atoms with Crippen molar-refractivity contribution in [3.63, 3.8) is 0 Å². The Labute approximate surface area is 126 Å². The molecule has 0 saturated heterocycles. The van der Waals surface area contributed by atoms with Gasteiger partial charge in [-0.15, -0.1) is 0 Å². The Balaban J connectivity index is 1.73. The van der Waals surface area contributed by atoms with Crippen LogP contribution < -0.4 is 0 Å². The second-order valence-electron chi connectivity index (χ2n) is 4.75. The van der Waals surface area contributed by atoms with Gasteiger partial charge in [0.25, 0.3) is 0 Å². The summed E-state index contributed by atoms with van der Waals surface area (Å²) in [6.07, 6.45) is 3.68. The third-order valence-electron chi connectivity index (χ3n) is 3.12. The maximum Gasteiger partial charge on any atom is 0.345 e. The SMILES string of the molecule is O=C[C@H](Cc1ccccc1)N=COBCc1ccccc1. The van der Waals surface area contributed by atoms with Crippen molar-refractivity contribution in [1.29, 1.82) is 0 Å². The Bertz CT molecular complexity index is 558. The lowest BCUT2D eigenvalue weighted by Gasteiger charge is -2.05. The van der Waals surface area contributed by atoms with Crippen molar-refractivity contribution in [3.05, 3.63) is 71.8 Å². The van der Waals surface area contributed by atoms with E-state index in [4.69, 9.17) is 4.65 Å². The molecule has 21 heavy (non-hydrogen) atoms. The summed E-state index contributed by atoms with van der Waals surface area (Å²) in [4.78, 5) is 15.2. The van der Waals surface area contributed by atoms with Crippen LogP contribution in [-0.2, 0) is 22.2 Å². The van der Waals surface area contributed by atoms with E-state index in [9.17, 15) is 4.79 Å². The van der Waals surface area contributed by atoms with Crippen molar-refractivity contribution < 1.29 is 9.45 Å². The van der Waals surface area contributed by atoms with E-state index >= 15 is 0 Å². The van der Waals surface area contributed by atoms with Gasteiger partial charge in [0.15, 0.2) is 6.40 Å². The maximum atomic E-state index is 11.0. The first-order valence-electron chi connectivity index (χ1n) is 7.05. The highest BCUT2D eigenvalue weighted by Crippen LogP contribution is 2.04. The minimum absolute atomic E-state index is 0.385. The molecule has 0 heterocycles. The minimum atomic E-state index is -0.385. The van der Waals surface area contributed by atoms with Crippen LogP contribution in [-0.4, -0.2) is 26.2 Å². The molecule has 0 aliphatic heterocycles. The Morgan fingerprint density at radius 3 is 2.24 bits per heavy atom. The predicted octanol–water partition coefficient (Wildman–Crippen LogP) is 2.39. The molecule has 4 heteroatoms. The van der Waals surface area contributed by atoms with Crippen molar-refractivity contribution in [2.75, 3.05) is 0 Å². The summed E-state index contributed by atoms with van der Waals surface area (Å²) in [5, 5.41) is 0. The summed E-state index contributed by atoms with van der Waals surface area (Å²) >= 11 is 0. The molecule has 0 N–H and O–H groups in total. The molecule has 0 aliphatic carbocycles. The van der Waals surface area contributed by atoms with E-state index in [1.807, 2.05) is 48.5 Å². The van der Waals surface area contributed by atoms with E-state index in [1.54, 1.807) is 0 Å². The number of rotatable bonds is 8. The molecular weight excluding hydrogens is 261 g/mol. The molecule has 1 atom stereocenters. The number of hydrogen-bond donors (Lipinski definition) is 0. The summed E-state index contributed by atoms with van der Waals surface area (Å²) in [6.45, 7) is 0. The summed E-state index contributed by atoms with van der Waals surface area (Å²) in [5.74, 6) is 0. The lowest BCUT2D eigenvalue weighted by Crippen LogP contribution is -2.11. The third-order valence-corrected chi connectivity index (χ3v) is 3.12. The smallest absolute Gasteiger partial charge is 0.345 e. The highest BCUT2D eigenvalue weighted by molar-refractivity contribution is 6.29. The van der Waals surface area contributed by atoms with E-state index in [1.165, 1.54) is 12.0 Å². The average Bonchev–Trinajstić information content (AvgIpc) is 2.55. The van der Waals surface area contributed by atoms with E-state index < -0.39 is 0 Å². The van der Waals surface area contributed by atoms with Gasteiger partial charge < -0.3 is 9.45 Å². The fourth-order valence-corrected chi connectivity index (χ4v) is 1.99. The van der Waals surface area contributed by atoms with Crippen LogP contribution in [0, 0.1) is 0 Å². The average molecular weight is 279 g/mol. The predicted molar refractivity (Wildman–Crippen MR) is 86.9 cm³/mol. The Morgan fingerprint density at radius 1 is 1.00 bits per heavy atom. The molecule has 0 fully saturated rings. The summed E-state index contributed by atoms with van der Waals surface area (Å²) in [7, 11) is 0.560. The molecule has 0 aliphatic rings. The molecule has 0 radical (unpaired) electrons. The van der Waals surface area contributed by atoms with E-state index in [-0.39, 0.29) is 6.04 Å². The van der Waals surface area contributed by atoms with Gasteiger partial charge in [0, 0.05) is 6.42 Å². The van der Waals surface area contributed by atoms with Gasteiger partial charge in [-0.3, -0.25) is 0 Å². The summed E-state index contributed by atoms with van der Waals surface area (Å²) in [6, 6.07) is 19.6. The molecule has 0 saturated carbocycles. The number of aldehydes is 1.